The topological polar surface area (TPSA) is 78.9 Å². The number of carboxylic acids is 1. The van der Waals surface area contributed by atoms with Crippen molar-refractivity contribution in [2.24, 2.45) is 17.3 Å². The molecule has 2 aromatic carbocycles. The second kappa shape index (κ2) is 10.9. The predicted octanol–water partition coefficient (Wildman–Crippen LogP) is 6.40. The molecule has 204 valence electrons. The summed E-state index contributed by atoms with van der Waals surface area (Å²) in [4.78, 5) is 29.1. The van der Waals surface area contributed by atoms with Crippen molar-refractivity contribution < 1.29 is 19.4 Å². The van der Waals surface area contributed by atoms with E-state index in [9.17, 15) is 14.7 Å². The Morgan fingerprint density at radius 1 is 1.03 bits per heavy atom. The maximum atomic E-state index is 14.2. The predicted molar refractivity (Wildman–Crippen MR) is 148 cm³/mol. The van der Waals surface area contributed by atoms with Gasteiger partial charge in [-0.1, -0.05) is 82.0 Å². The fourth-order valence-corrected chi connectivity index (χ4v) is 7.20. The number of likely N-dealkylation sites (tertiary alicyclic amines) is 1. The molecule has 1 unspecified atom stereocenters. The maximum absolute atomic E-state index is 14.2. The average Bonchev–Trinajstić information content (AvgIpc) is 3.25. The van der Waals surface area contributed by atoms with Gasteiger partial charge in [-0.05, 0) is 42.0 Å². The minimum atomic E-state index is -0.935. The molecule has 2 fully saturated rings. The second-order valence-corrected chi connectivity index (χ2v) is 12.6. The van der Waals surface area contributed by atoms with Gasteiger partial charge in [-0.25, -0.2) is 4.79 Å². The van der Waals surface area contributed by atoms with Crippen LogP contribution in [0.5, 0.6) is 5.75 Å². The molecule has 5 rings (SSSR count). The zero-order valence-electron chi connectivity index (χ0n) is 22.5. The number of aliphatic carboxylic acids is 1. The van der Waals surface area contributed by atoms with Crippen LogP contribution in [0.25, 0.3) is 0 Å². The van der Waals surface area contributed by atoms with Crippen molar-refractivity contribution in [3.63, 3.8) is 0 Å². The molecule has 1 amide bonds. The van der Waals surface area contributed by atoms with Gasteiger partial charge in [-0.2, -0.15) is 0 Å². The Balaban J connectivity index is 1.62. The van der Waals surface area contributed by atoms with Gasteiger partial charge in [-0.3, -0.25) is 4.79 Å². The summed E-state index contributed by atoms with van der Waals surface area (Å²) in [6.07, 6.45) is 5.55. The Bertz CT molecular complexity index is 1160. The van der Waals surface area contributed by atoms with Gasteiger partial charge in [-0.15, -0.1) is 0 Å². The summed E-state index contributed by atoms with van der Waals surface area (Å²) in [5, 5.41) is 15.2. The summed E-state index contributed by atoms with van der Waals surface area (Å²) in [6, 6.07) is 13.9. The van der Waals surface area contributed by atoms with E-state index in [2.05, 4.69) is 26.1 Å². The molecule has 0 aromatic heterocycles. The van der Waals surface area contributed by atoms with Crippen LogP contribution in [0, 0.1) is 17.3 Å². The van der Waals surface area contributed by atoms with Gasteiger partial charge in [0.2, 0.25) is 5.91 Å². The van der Waals surface area contributed by atoms with Crippen LogP contribution in [-0.4, -0.2) is 40.6 Å². The molecule has 5 atom stereocenters. The highest BCUT2D eigenvalue weighted by Gasteiger charge is 2.59. The van der Waals surface area contributed by atoms with E-state index < -0.39 is 18.1 Å². The number of carboxylic acid groups (broad SMARTS) is 1. The molecule has 7 heteroatoms. The summed E-state index contributed by atoms with van der Waals surface area (Å²) < 4.78 is 5.92. The molecule has 38 heavy (non-hydrogen) atoms. The first-order chi connectivity index (χ1) is 18.2. The van der Waals surface area contributed by atoms with Crippen LogP contribution in [0.2, 0.25) is 5.02 Å². The molecular formula is C31H39ClN2O4. The van der Waals surface area contributed by atoms with Gasteiger partial charge in [0.05, 0.1) is 12.6 Å². The molecule has 2 aromatic rings. The van der Waals surface area contributed by atoms with Gasteiger partial charge >= 0.3 is 5.97 Å². The molecule has 1 saturated heterocycles. The first-order valence-corrected chi connectivity index (χ1v) is 14.3. The largest absolute Gasteiger partial charge is 0.493 e. The Hall–Kier alpha value is -2.57. The highest BCUT2D eigenvalue weighted by molar-refractivity contribution is 6.30. The van der Waals surface area contributed by atoms with Crippen LogP contribution in [0.3, 0.4) is 0 Å². The van der Waals surface area contributed by atoms with E-state index in [0.29, 0.717) is 11.6 Å². The SMILES string of the molecule is CC(C)(C)[C@H]1[C@H](NC2CCOc3ccc(Cl)cc32)[C@H](c2ccccc2)N(C(=O)C2CCCCC2)[C@@H]1C(=O)O. The molecule has 2 aliphatic heterocycles. The van der Waals surface area contributed by atoms with Crippen LogP contribution in [0.4, 0.5) is 0 Å². The lowest BCUT2D eigenvalue weighted by molar-refractivity contribution is -0.154. The Morgan fingerprint density at radius 3 is 2.39 bits per heavy atom. The molecule has 0 radical (unpaired) electrons. The number of carbonyl (C=O) groups is 2. The van der Waals surface area contributed by atoms with E-state index >= 15 is 0 Å². The molecule has 0 spiro atoms. The number of fused-ring (bicyclic) bond motifs is 1. The van der Waals surface area contributed by atoms with E-state index in [-0.39, 0.29) is 35.2 Å². The van der Waals surface area contributed by atoms with E-state index in [1.54, 1.807) is 4.90 Å². The van der Waals surface area contributed by atoms with Crippen LogP contribution < -0.4 is 10.1 Å². The number of carbonyl (C=O) groups excluding carboxylic acids is 1. The fraction of sp³-hybridized carbons (Fsp3) is 0.548. The number of amides is 1. The summed E-state index contributed by atoms with van der Waals surface area (Å²) in [7, 11) is 0. The van der Waals surface area contributed by atoms with Crippen molar-refractivity contribution in [1.82, 2.24) is 10.2 Å². The van der Waals surface area contributed by atoms with Crippen LogP contribution in [0.15, 0.2) is 48.5 Å². The smallest absolute Gasteiger partial charge is 0.326 e. The van der Waals surface area contributed by atoms with E-state index in [0.717, 1.165) is 55.4 Å². The number of halogens is 1. The van der Waals surface area contributed by atoms with Crippen molar-refractivity contribution in [3.05, 3.63) is 64.7 Å². The number of ether oxygens (including phenoxy) is 1. The fourth-order valence-electron chi connectivity index (χ4n) is 7.01. The molecule has 6 nitrogen and oxygen atoms in total. The van der Waals surface area contributed by atoms with Crippen molar-refractivity contribution in [3.8, 4) is 5.75 Å². The molecule has 2 N–H and O–H groups in total. The van der Waals surface area contributed by atoms with Gasteiger partial charge < -0.3 is 20.1 Å². The number of nitrogens with one attached hydrogen (secondary N) is 1. The summed E-state index contributed by atoms with van der Waals surface area (Å²) in [6.45, 7) is 6.83. The number of rotatable bonds is 5. The van der Waals surface area contributed by atoms with Crippen molar-refractivity contribution >= 4 is 23.5 Å². The monoisotopic (exact) mass is 538 g/mol. The van der Waals surface area contributed by atoms with Crippen LogP contribution in [0.1, 0.15) is 82.5 Å². The molecule has 1 aliphatic carbocycles. The highest BCUT2D eigenvalue weighted by atomic mass is 35.5. The van der Waals surface area contributed by atoms with Gasteiger partial charge in [0.25, 0.3) is 0 Å². The third-order valence-corrected chi connectivity index (χ3v) is 8.91. The molecule has 2 heterocycles. The lowest BCUT2D eigenvalue weighted by Gasteiger charge is -2.38. The summed E-state index contributed by atoms with van der Waals surface area (Å²) >= 11 is 6.39. The second-order valence-electron chi connectivity index (χ2n) is 12.2. The van der Waals surface area contributed by atoms with E-state index in [4.69, 9.17) is 16.3 Å². The van der Waals surface area contributed by atoms with Crippen LogP contribution >= 0.6 is 11.6 Å². The van der Waals surface area contributed by atoms with Gasteiger partial charge in [0.15, 0.2) is 0 Å². The Labute approximate surface area is 230 Å². The minimum absolute atomic E-state index is 0.0140. The van der Waals surface area contributed by atoms with E-state index in [1.165, 1.54) is 0 Å². The summed E-state index contributed by atoms with van der Waals surface area (Å²) in [5.41, 5.74) is 1.57. The lowest BCUT2D eigenvalue weighted by Crippen LogP contribution is -2.49. The van der Waals surface area contributed by atoms with Crippen molar-refractivity contribution in [2.45, 2.75) is 83.5 Å². The minimum Gasteiger partial charge on any atom is -0.493 e. The summed E-state index contributed by atoms with van der Waals surface area (Å²) in [5.74, 6) is -0.596. The van der Waals surface area contributed by atoms with Crippen LogP contribution in [-0.2, 0) is 9.59 Å². The van der Waals surface area contributed by atoms with Crippen molar-refractivity contribution in [1.29, 1.82) is 0 Å². The van der Waals surface area contributed by atoms with Crippen molar-refractivity contribution in [2.75, 3.05) is 6.61 Å². The molecular weight excluding hydrogens is 500 g/mol. The molecule has 1 saturated carbocycles. The zero-order chi connectivity index (χ0) is 27.0. The number of hydrogen-bond donors (Lipinski definition) is 2. The lowest BCUT2D eigenvalue weighted by atomic mass is 9.72. The number of benzene rings is 2. The van der Waals surface area contributed by atoms with Gasteiger partial charge in [0, 0.05) is 40.9 Å². The van der Waals surface area contributed by atoms with Gasteiger partial charge in [0.1, 0.15) is 11.8 Å². The Kier molecular flexibility index (Phi) is 7.74. The third-order valence-electron chi connectivity index (χ3n) is 8.67. The molecule has 3 aliphatic rings. The number of nitrogens with zero attached hydrogens (tertiary/aromatic N) is 1. The first-order valence-electron chi connectivity index (χ1n) is 13.9. The standard InChI is InChI=1S/C31H39ClN2O4/c1-31(2,3)25-26(33-23-16-17-38-24-15-14-21(32)18-22(23)24)27(19-10-6-4-7-11-19)34(28(25)30(36)37)29(35)20-12-8-5-9-13-20/h4,6-7,10-11,14-15,18,20,23,25-28,33H,5,8-9,12-13,16-17H2,1-3H3,(H,36,37)/t23?,25-,26-,27-,28-/m0/s1. The third kappa shape index (κ3) is 5.17. The maximum Gasteiger partial charge on any atom is 0.326 e. The first kappa shape index (κ1) is 27.0. The average molecular weight is 539 g/mol. The quantitative estimate of drug-likeness (QED) is 0.460. The zero-order valence-corrected chi connectivity index (χ0v) is 23.3. The normalized spacial score (nSPS) is 28.0. The molecule has 0 bridgehead atoms. The van der Waals surface area contributed by atoms with E-state index in [1.807, 2.05) is 48.5 Å². The highest BCUT2D eigenvalue weighted by Crippen LogP contribution is 2.50. The Morgan fingerprint density at radius 2 is 1.74 bits per heavy atom. The number of hydrogen-bond acceptors (Lipinski definition) is 4.